The van der Waals surface area contributed by atoms with Gasteiger partial charge in [-0.05, 0) is 25.0 Å². The van der Waals surface area contributed by atoms with Gasteiger partial charge in [0.15, 0.2) is 0 Å². The van der Waals surface area contributed by atoms with Crippen LogP contribution in [0, 0.1) is 0 Å². The maximum absolute atomic E-state index is 11.4. The zero-order valence-electron chi connectivity index (χ0n) is 8.91. The topological polar surface area (TPSA) is 66.6 Å². The summed E-state index contributed by atoms with van der Waals surface area (Å²) in [5.41, 5.74) is 0.858. The molecule has 5 nitrogen and oxygen atoms in total. The number of para-hydroxylation sites is 1. The van der Waals surface area contributed by atoms with Gasteiger partial charge in [0.05, 0.1) is 5.69 Å². The predicted octanol–water partition coefficient (Wildman–Crippen LogP) is 0.707. The largest absolute Gasteiger partial charge is 0.294 e. The van der Waals surface area contributed by atoms with Crippen molar-refractivity contribution in [1.29, 1.82) is 0 Å². The highest BCUT2D eigenvalue weighted by Gasteiger charge is 2.27. The molecule has 1 aliphatic rings. The van der Waals surface area contributed by atoms with Gasteiger partial charge in [-0.1, -0.05) is 18.2 Å². The minimum atomic E-state index is -3.66. The molecule has 0 saturated carbocycles. The van der Waals surface area contributed by atoms with E-state index in [2.05, 4.69) is 0 Å². The number of hydrogen-bond acceptors (Lipinski definition) is 3. The Bertz CT molecular complexity index is 446. The SMILES string of the molecule is NS(=O)(=O)N1CCCCN1c1ccccc1. The van der Waals surface area contributed by atoms with Gasteiger partial charge in [-0.15, -0.1) is 4.41 Å². The fourth-order valence-electron chi connectivity index (χ4n) is 1.86. The van der Waals surface area contributed by atoms with Crippen LogP contribution in [0.3, 0.4) is 0 Å². The van der Waals surface area contributed by atoms with Crippen LogP contribution < -0.4 is 10.1 Å². The summed E-state index contributed by atoms with van der Waals surface area (Å²) < 4.78 is 24.1. The van der Waals surface area contributed by atoms with Crippen LogP contribution in [-0.4, -0.2) is 25.9 Å². The second-order valence-electron chi connectivity index (χ2n) is 3.76. The second kappa shape index (κ2) is 4.40. The van der Waals surface area contributed by atoms with Crippen LogP contribution in [-0.2, 0) is 10.2 Å². The molecule has 1 aromatic carbocycles. The van der Waals surface area contributed by atoms with Crippen molar-refractivity contribution in [3.8, 4) is 0 Å². The zero-order chi connectivity index (χ0) is 11.6. The van der Waals surface area contributed by atoms with Gasteiger partial charge in [0.1, 0.15) is 0 Å². The molecule has 0 atom stereocenters. The number of hydrazine groups is 1. The van der Waals surface area contributed by atoms with E-state index in [1.54, 1.807) is 5.01 Å². The zero-order valence-corrected chi connectivity index (χ0v) is 9.73. The van der Waals surface area contributed by atoms with Crippen molar-refractivity contribution in [1.82, 2.24) is 4.41 Å². The number of rotatable bonds is 2. The minimum absolute atomic E-state index is 0.452. The van der Waals surface area contributed by atoms with Gasteiger partial charge in [-0.3, -0.25) is 5.01 Å². The number of benzene rings is 1. The van der Waals surface area contributed by atoms with Crippen LogP contribution in [0.5, 0.6) is 0 Å². The highest BCUT2D eigenvalue weighted by atomic mass is 32.2. The maximum Gasteiger partial charge on any atom is 0.294 e. The number of nitrogens with two attached hydrogens (primary N) is 1. The number of anilines is 1. The fraction of sp³-hybridized carbons (Fsp3) is 0.400. The van der Waals surface area contributed by atoms with Gasteiger partial charge in [0.2, 0.25) is 0 Å². The molecule has 2 N–H and O–H groups in total. The third-order valence-corrected chi connectivity index (χ3v) is 3.55. The van der Waals surface area contributed by atoms with Crippen LogP contribution in [0.2, 0.25) is 0 Å². The highest BCUT2D eigenvalue weighted by Crippen LogP contribution is 2.21. The minimum Gasteiger partial charge on any atom is -0.291 e. The van der Waals surface area contributed by atoms with Crippen LogP contribution in [0.25, 0.3) is 0 Å². The fourth-order valence-corrected chi connectivity index (χ4v) is 2.70. The van der Waals surface area contributed by atoms with Crippen molar-refractivity contribution in [3.05, 3.63) is 30.3 Å². The summed E-state index contributed by atoms with van der Waals surface area (Å²) in [6.45, 7) is 1.13. The van der Waals surface area contributed by atoms with E-state index in [0.717, 1.165) is 18.5 Å². The van der Waals surface area contributed by atoms with E-state index in [-0.39, 0.29) is 0 Å². The van der Waals surface area contributed by atoms with Crippen molar-refractivity contribution < 1.29 is 8.42 Å². The molecular formula is C10H15N3O2S. The summed E-state index contributed by atoms with van der Waals surface area (Å²) >= 11 is 0. The Labute approximate surface area is 95.6 Å². The molecule has 0 spiro atoms. The molecule has 2 rings (SSSR count). The van der Waals surface area contributed by atoms with E-state index >= 15 is 0 Å². The standard InChI is InChI=1S/C10H15N3O2S/c11-16(14,15)13-9-5-4-8-12(13)10-6-2-1-3-7-10/h1-3,6-7H,4-5,8-9H2,(H2,11,14,15). The molecule has 1 aliphatic heterocycles. The van der Waals surface area contributed by atoms with E-state index in [1.165, 1.54) is 4.41 Å². The van der Waals surface area contributed by atoms with E-state index in [0.29, 0.717) is 13.1 Å². The molecule has 1 heterocycles. The van der Waals surface area contributed by atoms with Gasteiger partial charge in [0.25, 0.3) is 10.2 Å². The van der Waals surface area contributed by atoms with Crippen molar-refractivity contribution >= 4 is 15.9 Å². The van der Waals surface area contributed by atoms with E-state index in [1.807, 2.05) is 30.3 Å². The summed E-state index contributed by atoms with van der Waals surface area (Å²) in [5.74, 6) is 0. The third-order valence-electron chi connectivity index (χ3n) is 2.59. The first-order valence-electron chi connectivity index (χ1n) is 5.22. The van der Waals surface area contributed by atoms with Crippen molar-refractivity contribution in [2.75, 3.05) is 18.1 Å². The Morgan fingerprint density at radius 2 is 1.69 bits per heavy atom. The summed E-state index contributed by atoms with van der Waals surface area (Å²) in [6.07, 6.45) is 1.82. The van der Waals surface area contributed by atoms with Crippen molar-refractivity contribution in [2.45, 2.75) is 12.8 Å². The Balaban J connectivity index is 2.31. The van der Waals surface area contributed by atoms with Crippen LogP contribution in [0.1, 0.15) is 12.8 Å². The van der Waals surface area contributed by atoms with E-state index in [4.69, 9.17) is 5.14 Å². The molecule has 1 fully saturated rings. The first kappa shape index (κ1) is 11.4. The summed E-state index contributed by atoms with van der Waals surface area (Å²) in [4.78, 5) is 0. The third kappa shape index (κ3) is 2.34. The first-order chi connectivity index (χ1) is 7.59. The summed E-state index contributed by atoms with van der Waals surface area (Å²) in [6, 6.07) is 9.41. The Hall–Kier alpha value is -1.11. The van der Waals surface area contributed by atoms with Crippen LogP contribution in [0.4, 0.5) is 5.69 Å². The smallest absolute Gasteiger partial charge is 0.291 e. The van der Waals surface area contributed by atoms with Crippen LogP contribution in [0.15, 0.2) is 30.3 Å². The molecule has 0 unspecified atom stereocenters. The van der Waals surface area contributed by atoms with Crippen molar-refractivity contribution in [2.24, 2.45) is 5.14 Å². The Kier molecular flexibility index (Phi) is 3.13. The Morgan fingerprint density at radius 3 is 2.31 bits per heavy atom. The van der Waals surface area contributed by atoms with Gasteiger partial charge in [-0.25, -0.2) is 5.14 Å². The molecule has 0 aromatic heterocycles. The monoisotopic (exact) mass is 241 g/mol. The molecule has 6 heteroatoms. The molecule has 16 heavy (non-hydrogen) atoms. The maximum atomic E-state index is 11.4. The molecule has 0 bridgehead atoms. The van der Waals surface area contributed by atoms with E-state index in [9.17, 15) is 8.42 Å². The second-order valence-corrected chi connectivity index (χ2v) is 5.21. The van der Waals surface area contributed by atoms with Gasteiger partial charge >= 0.3 is 0 Å². The summed E-state index contributed by atoms with van der Waals surface area (Å²) in [5, 5.41) is 6.92. The average molecular weight is 241 g/mol. The first-order valence-corrected chi connectivity index (χ1v) is 6.72. The molecule has 0 aliphatic carbocycles. The van der Waals surface area contributed by atoms with Crippen molar-refractivity contribution in [3.63, 3.8) is 0 Å². The van der Waals surface area contributed by atoms with Crippen LogP contribution >= 0.6 is 0 Å². The highest BCUT2D eigenvalue weighted by molar-refractivity contribution is 7.86. The molecule has 1 aromatic rings. The normalized spacial score (nSPS) is 18.7. The molecule has 0 radical (unpaired) electrons. The number of nitrogens with zero attached hydrogens (tertiary/aromatic N) is 2. The number of hydrogen-bond donors (Lipinski definition) is 1. The lowest BCUT2D eigenvalue weighted by atomic mass is 10.2. The lowest BCUT2D eigenvalue weighted by molar-refractivity contribution is 0.332. The van der Waals surface area contributed by atoms with Gasteiger partial charge in [-0.2, -0.15) is 8.42 Å². The van der Waals surface area contributed by atoms with Gasteiger partial charge < -0.3 is 0 Å². The quantitative estimate of drug-likeness (QED) is 0.829. The lowest BCUT2D eigenvalue weighted by Crippen LogP contribution is -2.53. The molecular weight excluding hydrogens is 226 g/mol. The molecule has 0 amide bonds. The molecule has 1 saturated heterocycles. The average Bonchev–Trinajstić information content (AvgIpc) is 2.29. The molecule has 88 valence electrons. The van der Waals surface area contributed by atoms with E-state index < -0.39 is 10.2 Å². The predicted molar refractivity (Wildman–Crippen MR) is 62.8 cm³/mol. The van der Waals surface area contributed by atoms with Gasteiger partial charge in [0, 0.05) is 13.1 Å². The lowest BCUT2D eigenvalue weighted by Gasteiger charge is -2.37. The Morgan fingerprint density at radius 1 is 1.06 bits per heavy atom. The summed E-state index contributed by atoms with van der Waals surface area (Å²) in [7, 11) is -3.66.